The van der Waals surface area contributed by atoms with Crippen LogP contribution in [0.1, 0.15) is 23.6 Å². The second-order valence-corrected chi connectivity index (χ2v) is 9.15. The van der Waals surface area contributed by atoms with E-state index in [9.17, 15) is 9.59 Å². The number of nitrogens with zero attached hydrogens (tertiary/aromatic N) is 1. The summed E-state index contributed by atoms with van der Waals surface area (Å²) in [5.41, 5.74) is 1.86. The van der Waals surface area contributed by atoms with Gasteiger partial charge in [0.05, 0.1) is 10.8 Å². The van der Waals surface area contributed by atoms with Crippen molar-refractivity contribution in [1.29, 1.82) is 0 Å². The normalized spacial score (nSPS) is 10.8. The summed E-state index contributed by atoms with van der Waals surface area (Å²) in [4.78, 5) is 32.3. The first-order valence-corrected chi connectivity index (χ1v) is 11.9. The number of carbonyl (C=O) groups is 2. The van der Waals surface area contributed by atoms with E-state index in [1.807, 2.05) is 60.7 Å². The first-order chi connectivity index (χ1) is 16.3. The van der Waals surface area contributed by atoms with Crippen LogP contribution in [-0.2, 0) is 29.1 Å². The molecule has 2 amide bonds. The molecule has 5 nitrogen and oxygen atoms in total. The molecule has 8 heteroatoms. The molecule has 0 atom stereocenters. The van der Waals surface area contributed by atoms with Gasteiger partial charge in [-0.2, -0.15) is 4.99 Å². The molecule has 34 heavy (non-hydrogen) atoms. The van der Waals surface area contributed by atoms with E-state index in [2.05, 4.69) is 58.3 Å². The zero-order valence-corrected chi connectivity index (χ0v) is 21.2. The topological polar surface area (TPSA) is 70.6 Å². The van der Waals surface area contributed by atoms with Crippen LogP contribution in [0.3, 0.4) is 0 Å². The van der Waals surface area contributed by atoms with Gasteiger partial charge in [-0.05, 0) is 66.5 Å². The van der Waals surface area contributed by atoms with E-state index >= 15 is 0 Å². The van der Waals surface area contributed by atoms with Gasteiger partial charge in [0.2, 0.25) is 11.8 Å². The van der Waals surface area contributed by atoms with Crippen LogP contribution in [0.5, 0.6) is 0 Å². The molecule has 0 aromatic heterocycles. The van der Waals surface area contributed by atoms with Crippen molar-refractivity contribution in [3.05, 3.63) is 89.5 Å². The van der Waals surface area contributed by atoms with Crippen LogP contribution < -0.4 is 10.6 Å². The lowest BCUT2D eigenvalue weighted by molar-refractivity contribution is -0.142. The first-order valence-electron chi connectivity index (χ1n) is 10.6. The molecule has 0 spiro atoms. The third-order valence-electron chi connectivity index (χ3n) is 5.53. The Morgan fingerprint density at radius 2 is 1.32 bits per heavy atom. The predicted octanol–water partition coefficient (Wildman–Crippen LogP) is 5.18. The number of thiocarbonyl (C=S) groups is 1. The second-order valence-electron chi connectivity index (χ2n) is 8.00. The lowest BCUT2D eigenvalue weighted by atomic mass is 9.81. The summed E-state index contributed by atoms with van der Waals surface area (Å²) in [5, 5.41) is 8.16. The Morgan fingerprint density at radius 1 is 0.853 bits per heavy atom. The van der Waals surface area contributed by atoms with Gasteiger partial charge in [-0.15, -0.1) is 25.3 Å². The first kappa shape index (κ1) is 25.7. The van der Waals surface area contributed by atoms with Crippen molar-refractivity contribution in [1.82, 2.24) is 10.6 Å². The summed E-state index contributed by atoms with van der Waals surface area (Å²) in [6, 6.07) is 22.2. The summed E-state index contributed by atoms with van der Waals surface area (Å²) in [7, 11) is 0. The summed E-state index contributed by atoms with van der Waals surface area (Å²) < 4.78 is 0. The Bertz CT molecular complexity index is 1160. The third-order valence-corrected chi connectivity index (χ3v) is 6.50. The zero-order valence-electron chi connectivity index (χ0n) is 18.6. The molecule has 3 rings (SSSR count). The average molecular weight is 508 g/mol. The smallest absolute Gasteiger partial charge is 0.236 e. The van der Waals surface area contributed by atoms with Crippen molar-refractivity contribution in [3.8, 4) is 0 Å². The van der Waals surface area contributed by atoms with Crippen LogP contribution in [0, 0.1) is 5.41 Å². The number of isothiocyanates is 1. The fourth-order valence-corrected chi connectivity index (χ4v) is 4.06. The van der Waals surface area contributed by atoms with Gasteiger partial charge < -0.3 is 10.6 Å². The number of benzene rings is 3. The predicted molar refractivity (Wildman–Crippen MR) is 144 cm³/mol. The van der Waals surface area contributed by atoms with Gasteiger partial charge in [-0.3, -0.25) is 9.59 Å². The van der Waals surface area contributed by atoms with Crippen molar-refractivity contribution in [2.24, 2.45) is 10.4 Å². The molecular formula is C26H25N3O2S3. The molecule has 0 unspecified atom stereocenters. The minimum absolute atomic E-state index is 0.206. The number of hydrogen-bond acceptors (Lipinski definition) is 6. The summed E-state index contributed by atoms with van der Waals surface area (Å²) in [6.07, 6.45) is 0.206. The Morgan fingerprint density at radius 3 is 1.76 bits per heavy atom. The highest BCUT2D eigenvalue weighted by atomic mass is 32.1. The molecule has 3 aromatic carbocycles. The van der Waals surface area contributed by atoms with Crippen LogP contribution >= 0.6 is 37.5 Å². The van der Waals surface area contributed by atoms with E-state index < -0.39 is 5.41 Å². The van der Waals surface area contributed by atoms with Crippen LogP contribution in [0.15, 0.2) is 87.6 Å². The summed E-state index contributed by atoms with van der Waals surface area (Å²) in [5.74, 6) is -0.747. The average Bonchev–Trinajstić information content (AvgIpc) is 2.84. The van der Waals surface area contributed by atoms with Crippen LogP contribution in [0.25, 0.3) is 0 Å². The SMILES string of the molecule is CC(Cc1ccc(N=C=S)cc1)(C(=O)NCc1ccccc1S)C(=O)NCc1ccccc1S. The van der Waals surface area contributed by atoms with E-state index in [1.54, 1.807) is 19.1 Å². The van der Waals surface area contributed by atoms with Crippen molar-refractivity contribution < 1.29 is 9.59 Å². The quantitative estimate of drug-likeness (QED) is 0.140. The molecule has 0 aliphatic heterocycles. The van der Waals surface area contributed by atoms with Gasteiger partial charge in [0.15, 0.2) is 0 Å². The minimum atomic E-state index is -1.36. The highest BCUT2D eigenvalue weighted by molar-refractivity contribution is 7.80. The summed E-state index contributed by atoms with van der Waals surface area (Å²) >= 11 is 13.5. The highest BCUT2D eigenvalue weighted by Crippen LogP contribution is 2.26. The fourth-order valence-electron chi connectivity index (χ4n) is 3.47. The molecule has 0 fully saturated rings. The highest BCUT2D eigenvalue weighted by Gasteiger charge is 2.41. The lowest BCUT2D eigenvalue weighted by Gasteiger charge is -2.28. The van der Waals surface area contributed by atoms with Crippen LogP contribution in [-0.4, -0.2) is 17.0 Å². The van der Waals surface area contributed by atoms with Gasteiger partial charge >= 0.3 is 0 Å². The maximum absolute atomic E-state index is 13.4. The minimum Gasteiger partial charge on any atom is -0.351 e. The Kier molecular flexibility index (Phi) is 9.07. The molecule has 0 bridgehead atoms. The van der Waals surface area contributed by atoms with E-state index in [1.165, 1.54) is 0 Å². The molecule has 0 saturated heterocycles. The number of thiol groups is 2. The van der Waals surface area contributed by atoms with E-state index in [0.717, 1.165) is 26.5 Å². The molecular weight excluding hydrogens is 483 g/mol. The zero-order chi connectivity index (χ0) is 24.6. The van der Waals surface area contributed by atoms with Gasteiger partial charge in [0.1, 0.15) is 5.41 Å². The maximum Gasteiger partial charge on any atom is 0.236 e. The largest absolute Gasteiger partial charge is 0.351 e. The number of nitrogens with one attached hydrogen (secondary N) is 2. The van der Waals surface area contributed by atoms with E-state index in [0.29, 0.717) is 5.69 Å². The number of amides is 2. The second kappa shape index (κ2) is 12.0. The van der Waals surface area contributed by atoms with Crippen molar-refractivity contribution in [2.75, 3.05) is 0 Å². The van der Waals surface area contributed by atoms with Crippen molar-refractivity contribution in [3.63, 3.8) is 0 Å². The van der Waals surface area contributed by atoms with E-state index in [4.69, 9.17) is 0 Å². The molecule has 0 radical (unpaired) electrons. The van der Waals surface area contributed by atoms with Crippen molar-refractivity contribution in [2.45, 2.75) is 36.2 Å². The molecule has 174 valence electrons. The molecule has 0 aliphatic carbocycles. The monoisotopic (exact) mass is 507 g/mol. The molecule has 2 N–H and O–H groups in total. The van der Waals surface area contributed by atoms with Gasteiger partial charge in [-0.1, -0.05) is 48.5 Å². The van der Waals surface area contributed by atoms with Crippen molar-refractivity contribution >= 4 is 60.1 Å². The number of aliphatic imine (C=N–C) groups is 1. The fraction of sp³-hybridized carbons (Fsp3) is 0.192. The molecule has 0 aliphatic rings. The standard InChI is InChI=1S/C26H25N3O2S3/c1-26(14-18-10-12-21(13-11-18)29-17-32,24(30)27-15-19-6-2-4-8-22(19)33)25(31)28-16-20-7-3-5-9-23(20)34/h2-13,33-34H,14-16H2,1H3,(H,27,30)(H,28,31). The van der Waals surface area contributed by atoms with Crippen LogP contribution in [0.4, 0.5) is 5.69 Å². The number of carbonyl (C=O) groups excluding carboxylic acids is 2. The number of rotatable bonds is 9. The van der Waals surface area contributed by atoms with Gasteiger partial charge in [0.25, 0.3) is 0 Å². The molecule has 0 saturated carbocycles. The van der Waals surface area contributed by atoms with Gasteiger partial charge in [-0.25, -0.2) is 0 Å². The van der Waals surface area contributed by atoms with E-state index in [-0.39, 0.29) is 31.3 Å². The van der Waals surface area contributed by atoms with Crippen LogP contribution in [0.2, 0.25) is 0 Å². The Balaban J connectivity index is 1.82. The number of hydrogen-bond donors (Lipinski definition) is 4. The molecule has 3 aromatic rings. The molecule has 0 heterocycles. The summed E-state index contributed by atoms with van der Waals surface area (Å²) in [6.45, 7) is 2.19. The Labute approximate surface area is 215 Å². The van der Waals surface area contributed by atoms with Gasteiger partial charge in [0, 0.05) is 22.9 Å². The third kappa shape index (κ3) is 6.58. The maximum atomic E-state index is 13.4. The lowest BCUT2D eigenvalue weighted by Crippen LogP contribution is -2.50. The Hall–Kier alpha value is -2.90.